The quantitative estimate of drug-likeness (QED) is 0.128. The van der Waals surface area contributed by atoms with E-state index in [9.17, 15) is 4.79 Å². The molecule has 27 heavy (non-hydrogen) atoms. The maximum Gasteiger partial charge on any atom is 0.508 e. The van der Waals surface area contributed by atoms with Crippen molar-refractivity contribution in [1.82, 2.24) is 0 Å². The number of ether oxygens (including phenoxy) is 3. The fourth-order valence-electron chi connectivity index (χ4n) is 2.28. The van der Waals surface area contributed by atoms with E-state index >= 15 is 0 Å². The third-order valence-corrected chi connectivity index (χ3v) is 3.68. The first kappa shape index (κ1) is 25.3. The number of unbranched alkanes of at least 4 members (excludes halogenated alkanes) is 8. The molecule has 0 rings (SSSR count). The molecule has 0 aliphatic rings. The fourth-order valence-corrected chi connectivity index (χ4v) is 2.28. The first-order valence-corrected chi connectivity index (χ1v) is 10.4. The lowest BCUT2D eigenvalue weighted by molar-refractivity contribution is -0.00769. The van der Waals surface area contributed by atoms with Gasteiger partial charge in [-0.1, -0.05) is 51.2 Å². The Hall–Kier alpha value is -1.71. The number of allylic oxidation sites excluding steroid dienone is 4. The summed E-state index contributed by atoms with van der Waals surface area (Å²) >= 11 is 0. The van der Waals surface area contributed by atoms with E-state index < -0.39 is 11.8 Å². The van der Waals surface area contributed by atoms with Crippen molar-refractivity contribution in [2.45, 2.75) is 97.5 Å². The summed E-state index contributed by atoms with van der Waals surface area (Å²) in [6.45, 7) is 8.13. The van der Waals surface area contributed by atoms with E-state index in [0.717, 1.165) is 38.5 Å². The van der Waals surface area contributed by atoms with Gasteiger partial charge < -0.3 is 14.2 Å². The van der Waals surface area contributed by atoms with Gasteiger partial charge in [0, 0.05) is 0 Å². The van der Waals surface area contributed by atoms with Crippen LogP contribution in [0.15, 0.2) is 36.8 Å². The summed E-state index contributed by atoms with van der Waals surface area (Å²) in [7, 11) is 0. The molecular formula is C23H40O4. The average molecular weight is 381 g/mol. The van der Waals surface area contributed by atoms with Crippen LogP contribution in [-0.4, -0.2) is 18.4 Å². The minimum atomic E-state index is -0.582. The second-order valence-corrected chi connectivity index (χ2v) is 7.63. The van der Waals surface area contributed by atoms with Gasteiger partial charge in [-0.2, -0.15) is 0 Å². The first-order valence-electron chi connectivity index (χ1n) is 10.4. The van der Waals surface area contributed by atoms with Crippen molar-refractivity contribution in [1.29, 1.82) is 0 Å². The molecule has 0 aromatic carbocycles. The lowest BCUT2D eigenvalue weighted by Crippen LogP contribution is -2.24. The standard InChI is InChI=1S/C23H40O4/c1-5-6-7-8-9-10-13-16-19-25-20-17-14-11-12-15-18-21-26-22(24)27-23(2,3)4/h10,13,16-17,19-20H,5-9,11-12,14-15,18,21H2,1-4H3/b13-10-,19-16+,20-17+. The van der Waals surface area contributed by atoms with Crippen molar-refractivity contribution in [3.63, 3.8) is 0 Å². The van der Waals surface area contributed by atoms with Gasteiger partial charge in [-0.15, -0.1) is 0 Å². The van der Waals surface area contributed by atoms with E-state index in [-0.39, 0.29) is 0 Å². The Morgan fingerprint density at radius 2 is 1.48 bits per heavy atom. The maximum absolute atomic E-state index is 11.4. The molecule has 0 bridgehead atoms. The monoisotopic (exact) mass is 380 g/mol. The molecule has 0 aliphatic heterocycles. The van der Waals surface area contributed by atoms with Crippen LogP contribution in [0.3, 0.4) is 0 Å². The molecule has 0 atom stereocenters. The molecule has 0 fully saturated rings. The molecule has 156 valence electrons. The van der Waals surface area contributed by atoms with Crippen molar-refractivity contribution >= 4 is 6.16 Å². The van der Waals surface area contributed by atoms with Crippen LogP contribution in [0.1, 0.15) is 91.9 Å². The van der Waals surface area contributed by atoms with Crippen molar-refractivity contribution < 1.29 is 19.0 Å². The molecule has 0 aromatic rings. The molecule has 0 amide bonds. The van der Waals surface area contributed by atoms with Crippen LogP contribution >= 0.6 is 0 Å². The zero-order valence-corrected chi connectivity index (χ0v) is 17.9. The van der Waals surface area contributed by atoms with Gasteiger partial charge in [-0.05, 0) is 65.0 Å². The predicted molar refractivity (Wildman–Crippen MR) is 113 cm³/mol. The minimum Gasteiger partial charge on any atom is -0.473 e. The van der Waals surface area contributed by atoms with Crippen LogP contribution in [0.5, 0.6) is 0 Å². The van der Waals surface area contributed by atoms with Crippen LogP contribution in [0, 0.1) is 0 Å². The highest BCUT2D eigenvalue weighted by Gasteiger charge is 2.16. The molecule has 4 heteroatoms. The number of hydrogen-bond acceptors (Lipinski definition) is 4. The van der Waals surface area contributed by atoms with Crippen LogP contribution in [0.25, 0.3) is 0 Å². The van der Waals surface area contributed by atoms with Crippen molar-refractivity contribution in [3.05, 3.63) is 36.8 Å². The Kier molecular flexibility index (Phi) is 16.6. The zero-order chi connectivity index (χ0) is 20.2. The van der Waals surface area contributed by atoms with E-state index in [0.29, 0.717) is 6.61 Å². The normalized spacial score (nSPS) is 12.3. The topological polar surface area (TPSA) is 44.8 Å². The largest absolute Gasteiger partial charge is 0.508 e. The van der Waals surface area contributed by atoms with Crippen molar-refractivity contribution in [3.8, 4) is 0 Å². The van der Waals surface area contributed by atoms with Gasteiger partial charge in [0.1, 0.15) is 5.60 Å². The van der Waals surface area contributed by atoms with Crippen LogP contribution in [0.2, 0.25) is 0 Å². The average Bonchev–Trinajstić information content (AvgIpc) is 2.59. The Morgan fingerprint density at radius 1 is 0.815 bits per heavy atom. The van der Waals surface area contributed by atoms with Gasteiger partial charge in [0.05, 0.1) is 19.1 Å². The Labute approximate surface area is 166 Å². The van der Waals surface area contributed by atoms with Gasteiger partial charge >= 0.3 is 6.16 Å². The molecule has 0 unspecified atom stereocenters. The fraction of sp³-hybridized carbons (Fsp3) is 0.696. The maximum atomic E-state index is 11.4. The van der Waals surface area contributed by atoms with E-state index in [2.05, 4.69) is 13.0 Å². The van der Waals surface area contributed by atoms with Crippen LogP contribution in [-0.2, 0) is 14.2 Å². The second kappa shape index (κ2) is 17.7. The number of hydrogen-bond donors (Lipinski definition) is 0. The molecular weight excluding hydrogens is 340 g/mol. The molecule has 0 saturated heterocycles. The summed E-state index contributed by atoms with van der Waals surface area (Å²) in [5.74, 6) is 0. The molecule has 0 saturated carbocycles. The van der Waals surface area contributed by atoms with Gasteiger partial charge in [0.2, 0.25) is 0 Å². The third kappa shape index (κ3) is 22.2. The highest BCUT2D eigenvalue weighted by Crippen LogP contribution is 2.09. The molecule has 0 spiro atoms. The van der Waals surface area contributed by atoms with Gasteiger partial charge in [-0.25, -0.2) is 4.79 Å². The molecule has 0 heterocycles. The number of carbonyl (C=O) groups is 1. The molecule has 0 aliphatic carbocycles. The van der Waals surface area contributed by atoms with Crippen molar-refractivity contribution in [2.75, 3.05) is 6.61 Å². The third-order valence-electron chi connectivity index (χ3n) is 3.68. The summed E-state index contributed by atoms with van der Waals surface area (Å²) in [4.78, 5) is 11.4. The Morgan fingerprint density at radius 3 is 2.19 bits per heavy atom. The Bertz CT molecular complexity index is 430. The summed E-state index contributed by atoms with van der Waals surface area (Å²) < 4.78 is 15.4. The minimum absolute atomic E-state index is 0.421. The molecule has 0 aromatic heterocycles. The van der Waals surface area contributed by atoms with Gasteiger partial charge in [0.25, 0.3) is 0 Å². The molecule has 0 N–H and O–H groups in total. The summed E-state index contributed by atoms with van der Waals surface area (Å²) in [6.07, 6.45) is 22.5. The van der Waals surface area contributed by atoms with Crippen LogP contribution in [0.4, 0.5) is 4.79 Å². The summed E-state index contributed by atoms with van der Waals surface area (Å²) in [5.41, 5.74) is -0.495. The lowest BCUT2D eigenvalue weighted by atomic mass is 10.1. The summed E-state index contributed by atoms with van der Waals surface area (Å²) in [6, 6.07) is 0. The SMILES string of the molecule is CCCCCC/C=C\C=C\O/C=C/CCCCCCOC(=O)OC(C)(C)C. The highest BCUT2D eigenvalue weighted by atomic mass is 16.7. The Balaban J connectivity index is 3.39. The molecule has 4 nitrogen and oxygen atoms in total. The van der Waals surface area contributed by atoms with E-state index in [1.165, 1.54) is 25.7 Å². The van der Waals surface area contributed by atoms with Gasteiger partial charge in [0.15, 0.2) is 0 Å². The lowest BCUT2D eigenvalue weighted by Gasteiger charge is -2.18. The smallest absolute Gasteiger partial charge is 0.473 e. The van der Waals surface area contributed by atoms with Crippen molar-refractivity contribution in [2.24, 2.45) is 0 Å². The van der Waals surface area contributed by atoms with Gasteiger partial charge in [-0.3, -0.25) is 0 Å². The summed E-state index contributed by atoms with van der Waals surface area (Å²) in [5, 5.41) is 0. The predicted octanol–water partition coefficient (Wildman–Crippen LogP) is 7.46. The van der Waals surface area contributed by atoms with E-state index in [1.54, 1.807) is 12.5 Å². The first-order chi connectivity index (χ1) is 13.0. The number of carbonyl (C=O) groups excluding carboxylic acids is 1. The van der Waals surface area contributed by atoms with Crippen LogP contribution < -0.4 is 0 Å². The zero-order valence-electron chi connectivity index (χ0n) is 17.9. The van der Waals surface area contributed by atoms with E-state index in [4.69, 9.17) is 14.2 Å². The van der Waals surface area contributed by atoms with E-state index in [1.807, 2.05) is 39.0 Å². The highest BCUT2D eigenvalue weighted by molar-refractivity contribution is 5.60. The number of rotatable bonds is 15. The molecule has 0 radical (unpaired) electrons. The second-order valence-electron chi connectivity index (χ2n) is 7.63.